The van der Waals surface area contributed by atoms with E-state index in [1.807, 2.05) is 48.5 Å². The Morgan fingerprint density at radius 1 is 1.00 bits per heavy atom. The molecule has 21 heavy (non-hydrogen) atoms. The van der Waals surface area contributed by atoms with Crippen molar-refractivity contribution in [2.75, 3.05) is 13.2 Å². The van der Waals surface area contributed by atoms with E-state index in [4.69, 9.17) is 4.74 Å². The number of aliphatic hydroxyl groups excluding tert-OH is 1. The second-order valence-corrected chi connectivity index (χ2v) is 5.06. The van der Waals surface area contributed by atoms with Gasteiger partial charge in [-0.3, -0.25) is 0 Å². The van der Waals surface area contributed by atoms with E-state index in [1.54, 1.807) is 0 Å². The Hall–Kier alpha value is -1.84. The molecule has 0 heterocycles. The van der Waals surface area contributed by atoms with Gasteiger partial charge in [0.1, 0.15) is 18.5 Å². The third kappa shape index (κ3) is 5.21. The molecule has 2 aromatic rings. The summed E-state index contributed by atoms with van der Waals surface area (Å²) in [5.74, 6) is 0.784. The second kappa shape index (κ2) is 8.45. The van der Waals surface area contributed by atoms with Gasteiger partial charge >= 0.3 is 0 Å². The monoisotopic (exact) mass is 285 g/mol. The molecule has 0 spiro atoms. The van der Waals surface area contributed by atoms with Crippen LogP contribution in [-0.2, 0) is 0 Å². The van der Waals surface area contributed by atoms with E-state index in [0.29, 0.717) is 13.2 Å². The van der Waals surface area contributed by atoms with Crippen molar-refractivity contribution in [1.29, 1.82) is 0 Å². The Bertz CT molecular complexity index is 501. The summed E-state index contributed by atoms with van der Waals surface area (Å²) in [6, 6.07) is 20.1. The number of aliphatic hydroxyl groups is 1. The van der Waals surface area contributed by atoms with Crippen molar-refractivity contribution in [2.45, 2.75) is 25.5 Å². The fourth-order valence-corrected chi connectivity index (χ4v) is 2.23. The molecule has 2 rings (SSSR count). The lowest BCUT2D eigenvalue weighted by atomic mass is 10.0. The summed E-state index contributed by atoms with van der Waals surface area (Å²) in [5.41, 5.74) is 1.25. The van der Waals surface area contributed by atoms with Crippen molar-refractivity contribution in [3.8, 4) is 5.75 Å². The van der Waals surface area contributed by atoms with E-state index in [1.165, 1.54) is 5.56 Å². The fraction of sp³-hybridized carbons (Fsp3) is 0.333. The quantitative estimate of drug-likeness (QED) is 0.783. The van der Waals surface area contributed by atoms with Crippen LogP contribution in [0.15, 0.2) is 60.7 Å². The van der Waals surface area contributed by atoms with Gasteiger partial charge < -0.3 is 15.2 Å². The third-order valence-electron chi connectivity index (χ3n) is 3.40. The molecule has 0 aliphatic carbocycles. The molecule has 0 saturated heterocycles. The molecule has 0 bridgehead atoms. The van der Waals surface area contributed by atoms with Gasteiger partial charge in [-0.1, -0.05) is 55.5 Å². The minimum Gasteiger partial charge on any atom is -0.491 e. The molecule has 0 aliphatic heterocycles. The molecule has 0 aromatic heterocycles. The molecular weight excluding hydrogens is 262 g/mol. The molecule has 112 valence electrons. The minimum atomic E-state index is -0.525. The van der Waals surface area contributed by atoms with Gasteiger partial charge in [-0.15, -0.1) is 0 Å². The van der Waals surface area contributed by atoms with Crippen molar-refractivity contribution in [1.82, 2.24) is 5.32 Å². The van der Waals surface area contributed by atoms with E-state index < -0.39 is 6.10 Å². The van der Waals surface area contributed by atoms with Gasteiger partial charge in [0.25, 0.3) is 0 Å². The van der Waals surface area contributed by atoms with Crippen LogP contribution in [0.4, 0.5) is 0 Å². The molecule has 3 nitrogen and oxygen atoms in total. The largest absolute Gasteiger partial charge is 0.491 e. The summed E-state index contributed by atoms with van der Waals surface area (Å²) in [6.45, 7) is 2.94. The molecule has 2 aromatic carbocycles. The molecular formula is C18H23NO2. The normalized spacial score (nSPS) is 13.6. The van der Waals surface area contributed by atoms with Gasteiger partial charge in [-0.05, 0) is 24.1 Å². The van der Waals surface area contributed by atoms with Crippen LogP contribution in [0.5, 0.6) is 5.75 Å². The summed E-state index contributed by atoms with van der Waals surface area (Å²) in [5, 5.41) is 13.4. The molecule has 0 radical (unpaired) electrons. The van der Waals surface area contributed by atoms with Gasteiger partial charge in [0.05, 0.1) is 0 Å². The lowest BCUT2D eigenvalue weighted by Gasteiger charge is -2.20. The van der Waals surface area contributed by atoms with Crippen LogP contribution in [0.1, 0.15) is 24.9 Å². The van der Waals surface area contributed by atoms with E-state index in [0.717, 1.165) is 12.2 Å². The Morgan fingerprint density at radius 2 is 1.62 bits per heavy atom. The second-order valence-electron chi connectivity index (χ2n) is 5.06. The smallest absolute Gasteiger partial charge is 0.119 e. The standard InChI is InChI=1S/C18H23NO2/c1-2-18(15-9-5-3-6-10-15)19-13-16(20)14-21-17-11-7-4-8-12-17/h3-12,16,18-20H,2,13-14H2,1H3. The highest BCUT2D eigenvalue weighted by molar-refractivity contribution is 5.21. The highest BCUT2D eigenvalue weighted by Crippen LogP contribution is 2.15. The third-order valence-corrected chi connectivity index (χ3v) is 3.40. The zero-order valence-corrected chi connectivity index (χ0v) is 12.4. The molecule has 2 N–H and O–H groups in total. The summed E-state index contributed by atoms with van der Waals surface area (Å²) < 4.78 is 5.55. The van der Waals surface area contributed by atoms with Crippen molar-refractivity contribution in [3.63, 3.8) is 0 Å². The van der Waals surface area contributed by atoms with E-state index >= 15 is 0 Å². The van der Waals surface area contributed by atoms with Crippen LogP contribution in [0, 0.1) is 0 Å². The van der Waals surface area contributed by atoms with Crippen LogP contribution in [0.2, 0.25) is 0 Å². The number of benzene rings is 2. The minimum absolute atomic E-state index is 0.262. The van der Waals surface area contributed by atoms with Crippen LogP contribution in [-0.4, -0.2) is 24.4 Å². The number of ether oxygens (including phenoxy) is 1. The SMILES string of the molecule is CCC(NCC(O)COc1ccccc1)c1ccccc1. The number of hydrogen-bond acceptors (Lipinski definition) is 3. The van der Waals surface area contributed by atoms with E-state index in [-0.39, 0.29) is 6.04 Å². The summed E-state index contributed by atoms with van der Waals surface area (Å²) in [7, 11) is 0. The van der Waals surface area contributed by atoms with Crippen LogP contribution in [0.25, 0.3) is 0 Å². The van der Waals surface area contributed by atoms with Gasteiger partial charge in [-0.2, -0.15) is 0 Å². The molecule has 0 fully saturated rings. The number of rotatable bonds is 8. The lowest BCUT2D eigenvalue weighted by Crippen LogP contribution is -2.33. The van der Waals surface area contributed by atoms with Crippen LogP contribution in [0.3, 0.4) is 0 Å². The molecule has 3 heteroatoms. The summed E-state index contributed by atoms with van der Waals surface area (Å²) in [4.78, 5) is 0. The number of para-hydroxylation sites is 1. The first-order chi connectivity index (χ1) is 10.3. The topological polar surface area (TPSA) is 41.5 Å². The van der Waals surface area contributed by atoms with Crippen LogP contribution < -0.4 is 10.1 Å². The van der Waals surface area contributed by atoms with Crippen LogP contribution >= 0.6 is 0 Å². The number of hydrogen-bond donors (Lipinski definition) is 2. The van der Waals surface area contributed by atoms with Crippen molar-refractivity contribution >= 4 is 0 Å². The lowest BCUT2D eigenvalue weighted by molar-refractivity contribution is 0.103. The maximum Gasteiger partial charge on any atom is 0.119 e. The Balaban J connectivity index is 1.76. The Labute approximate surface area is 126 Å². The van der Waals surface area contributed by atoms with E-state index in [9.17, 15) is 5.11 Å². The first kappa shape index (κ1) is 15.5. The molecule has 0 amide bonds. The first-order valence-corrected chi connectivity index (χ1v) is 7.44. The van der Waals surface area contributed by atoms with Gasteiger partial charge in [0.15, 0.2) is 0 Å². The average Bonchev–Trinajstić information content (AvgIpc) is 2.55. The first-order valence-electron chi connectivity index (χ1n) is 7.44. The van der Waals surface area contributed by atoms with Crippen molar-refractivity contribution in [2.24, 2.45) is 0 Å². The van der Waals surface area contributed by atoms with Gasteiger partial charge in [0, 0.05) is 12.6 Å². The molecule has 0 saturated carbocycles. The highest BCUT2D eigenvalue weighted by Gasteiger charge is 2.11. The highest BCUT2D eigenvalue weighted by atomic mass is 16.5. The van der Waals surface area contributed by atoms with Gasteiger partial charge in [-0.25, -0.2) is 0 Å². The van der Waals surface area contributed by atoms with Crippen molar-refractivity contribution < 1.29 is 9.84 Å². The number of nitrogens with one attached hydrogen (secondary N) is 1. The molecule has 2 unspecified atom stereocenters. The zero-order valence-electron chi connectivity index (χ0n) is 12.4. The Morgan fingerprint density at radius 3 is 2.24 bits per heavy atom. The summed E-state index contributed by atoms with van der Waals surface area (Å²) >= 11 is 0. The van der Waals surface area contributed by atoms with E-state index in [2.05, 4.69) is 24.4 Å². The van der Waals surface area contributed by atoms with Gasteiger partial charge in [0.2, 0.25) is 0 Å². The maximum absolute atomic E-state index is 10.0. The average molecular weight is 285 g/mol. The predicted molar refractivity (Wildman–Crippen MR) is 85.4 cm³/mol. The zero-order chi connectivity index (χ0) is 14.9. The predicted octanol–water partition coefficient (Wildman–Crippen LogP) is 3.17. The molecule has 2 atom stereocenters. The maximum atomic E-state index is 10.0. The van der Waals surface area contributed by atoms with Crippen molar-refractivity contribution in [3.05, 3.63) is 66.2 Å². The Kier molecular flexibility index (Phi) is 6.25. The summed E-state index contributed by atoms with van der Waals surface area (Å²) in [6.07, 6.45) is 0.457. The fourth-order valence-electron chi connectivity index (χ4n) is 2.23. The molecule has 0 aliphatic rings.